The number of esters is 1. The maximum Gasteiger partial charge on any atom is 0.307 e. The lowest BCUT2D eigenvalue weighted by Gasteiger charge is -2.07. The predicted octanol–water partition coefficient (Wildman–Crippen LogP) is 2.12. The first kappa shape index (κ1) is 13.4. The molecule has 3 nitrogen and oxygen atoms in total. The number of nitrogens with two attached hydrogens (primary N) is 1. The van der Waals surface area contributed by atoms with Crippen molar-refractivity contribution in [3.8, 4) is 0 Å². The highest BCUT2D eigenvalue weighted by Gasteiger charge is 2.12. The van der Waals surface area contributed by atoms with Gasteiger partial charge in [-0.25, -0.2) is 0 Å². The lowest BCUT2D eigenvalue weighted by atomic mass is 10.2. The Morgan fingerprint density at radius 2 is 2.43 bits per heavy atom. The smallest absolute Gasteiger partial charge is 0.307 e. The molecule has 80 valence electrons. The number of thiophene rings is 1. The van der Waals surface area contributed by atoms with Gasteiger partial charge in [0.05, 0.1) is 13.0 Å². The van der Waals surface area contributed by atoms with Crippen LogP contribution in [0.4, 0.5) is 0 Å². The molecule has 0 saturated heterocycles. The van der Waals surface area contributed by atoms with E-state index in [-0.39, 0.29) is 30.8 Å². The number of hydrogen-bond acceptors (Lipinski definition) is 4. The average Bonchev–Trinajstić information content (AvgIpc) is 2.55. The monoisotopic (exact) mass is 235 g/mol. The molecule has 0 aliphatic rings. The summed E-state index contributed by atoms with van der Waals surface area (Å²) in [5, 5.41) is 1.94. The molecule has 1 aromatic rings. The van der Waals surface area contributed by atoms with Gasteiger partial charge < -0.3 is 10.5 Å². The van der Waals surface area contributed by atoms with Gasteiger partial charge in [-0.05, 0) is 18.4 Å². The van der Waals surface area contributed by atoms with E-state index in [1.165, 1.54) is 0 Å². The summed E-state index contributed by atoms with van der Waals surface area (Å²) in [6, 6.07) is 3.62. The second-order valence-corrected chi connectivity index (χ2v) is 3.61. The fourth-order valence-electron chi connectivity index (χ4n) is 1.00. The van der Waals surface area contributed by atoms with Crippen molar-refractivity contribution in [2.45, 2.75) is 19.4 Å². The summed E-state index contributed by atoms with van der Waals surface area (Å²) in [6.07, 6.45) is 0.258. The minimum Gasteiger partial charge on any atom is -0.466 e. The van der Waals surface area contributed by atoms with Crippen LogP contribution in [0.3, 0.4) is 0 Å². The fraction of sp³-hybridized carbons (Fsp3) is 0.444. The summed E-state index contributed by atoms with van der Waals surface area (Å²) in [7, 11) is 0. The van der Waals surface area contributed by atoms with Crippen LogP contribution in [0.25, 0.3) is 0 Å². The number of hydrogen-bond donors (Lipinski definition) is 1. The summed E-state index contributed by atoms with van der Waals surface area (Å²) < 4.78 is 4.80. The Hall–Kier alpha value is -0.580. The van der Waals surface area contributed by atoms with Crippen LogP contribution in [-0.4, -0.2) is 12.6 Å². The van der Waals surface area contributed by atoms with Crippen LogP contribution in [0.1, 0.15) is 24.3 Å². The van der Waals surface area contributed by atoms with Gasteiger partial charge >= 0.3 is 5.97 Å². The van der Waals surface area contributed by atoms with Gasteiger partial charge in [0.1, 0.15) is 0 Å². The summed E-state index contributed by atoms with van der Waals surface area (Å²) in [4.78, 5) is 12.1. The third-order valence-corrected chi connectivity index (χ3v) is 2.60. The van der Waals surface area contributed by atoms with E-state index in [9.17, 15) is 4.79 Å². The number of ether oxygens (including phenoxy) is 1. The van der Waals surface area contributed by atoms with E-state index in [1.807, 2.05) is 17.5 Å². The van der Waals surface area contributed by atoms with E-state index in [1.54, 1.807) is 18.3 Å². The van der Waals surface area contributed by atoms with Crippen LogP contribution < -0.4 is 5.73 Å². The standard InChI is InChI=1S/C9H13NO2S.ClH/c1-2-12-9(11)6-7(10)8-4-3-5-13-8;/h3-5,7H,2,6,10H2,1H3;1H/t7-;/m1./s1. The van der Waals surface area contributed by atoms with Crippen LogP contribution in [0.5, 0.6) is 0 Å². The van der Waals surface area contributed by atoms with Gasteiger partial charge in [-0.1, -0.05) is 6.07 Å². The van der Waals surface area contributed by atoms with Crippen molar-refractivity contribution in [3.63, 3.8) is 0 Å². The van der Waals surface area contributed by atoms with Crippen LogP contribution in [0.15, 0.2) is 17.5 Å². The Morgan fingerprint density at radius 1 is 1.71 bits per heavy atom. The zero-order valence-corrected chi connectivity index (χ0v) is 9.57. The van der Waals surface area contributed by atoms with Crippen molar-refractivity contribution in [3.05, 3.63) is 22.4 Å². The van der Waals surface area contributed by atoms with Crippen molar-refractivity contribution in [1.29, 1.82) is 0 Å². The van der Waals surface area contributed by atoms with Crippen molar-refractivity contribution in [1.82, 2.24) is 0 Å². The molecule has 0 aliphatic carbocycles. The molecule has 1 aromatic heterocycles. The van der Waals surface area contributed by atoms with E-state index in [4.69, 9.17) is 10.5 Å². The van der Waals surface area contributed by atoms with E-state index < -0.39 is 0 Å². The topological polar surface area (TPSA) is 52.3 Å². The molecule has 1 atom stereocenters. The molecule has 0 bridgehead atoms. The van der Waals surface area contributed by atoms with Crippen molar-refractivity contribution >= 4 is 29.7 Å². The van der Waals surface area contributed by atoms with Crippen LogP contribution >= 0.6 is 23.7 Å². The van der Waals surface area contributed by atoms with E-state index >= 15 is 0 Å². The van der Waals surface area contributed by atoms with Gasteiger partial charge in [-0.3, -0.25) is 4.79 Å². The molecule has 0 spiro atoms. The largest absolute Gasteiger partial charge is 0.466 e. The Bertz CT molecular complexity index is 264. The van der Waals surface area contributed by atoms with Gasteiger partial charge in [0.25, 0.3) is 0 Å². The summed E-state index contributed by atoms with van der Waals surface area (Å²) in [5.74, 6) is -0.233. The Kier molecular flexibility index (Phi) is 6.53. The molecular formula is C9H14ClNO2S. The Balaban J connectivity index is 0.00000169. The fourth-order valence-corrected chi connectivity index (χ4v) is 1.73. The molecule has 0 unspecified atom stereocenters. The van der Waals surface area contributed by atoms with Gasteiger partial charge in [-0.15, -0.1) is 23.7 Å². The molecule has 14 heavy (non-hydrogen) atoms. The van der Waals surface area contributed by atoms with Crippen molar-refractivity contribution < 1.29 is 9.53 Å². The maximum atomic E-state index is 11.1. The molecule has 0 fully saturated rings. The first-order valence-corrected chi connectivity index (χ1v) is 5.06. The lowest BCUT2D eigenvalue weighted by molar-refractivity contribution is -0.143. The predicted molar refractivity (Wildman–Crippen MR) is 59.7 cm³/mol. The van der Waals surface area contributed by atoms with Crippen LogP contribution in [0.2, 0.25) is 0 Å². The maximum absolute atomic E-state index is 11.1. The SMILES string of the molecule is CCOC(=O)C[C@@H](N)c1cccs1.Cl. The lowest BCUT2D eigenvalue weighted by Crippen LogP contribution is -2.16. The molecule has 2 N–H and O–H groups in total. The molecule has 0 aromatic carbocycles. The summed E-state index contributed by atoms with van der Waals surface area (Å²) in [6.45, 7) is 2.20. The molecule has 1 heterocycles. The zero-order valence-electron chi connectivity index (χ0n) is 7.93. The quantitative estimate of drug-likeness (QED) is 0.814. The van der Waals surface area contributed by atoms with Crippen molar-refractivity contribution in [2.75, 3.05) is 6.61 Å². The highest BCUT2D eigenvalue weighted by Crippen LogP contribution is 2.19. The van der Waals surface area contributed by atoms with Crippen molar-refractivity contribution in [2.24, 2.45) is 5.73 Å². The Labute approximate surface area is 93.7 Å². The number of carbonyl (C=O) groups is 1. The number of rotatable bonds is 4. The summed E-state index contributed by atoms with van der Waals surface area (Å²) in [5.41, 5.74) is 5.78. The first-order valence-electron chi connectivity index (χ1n) is 4.18. The number of carbonyl (C=O) groups excluding carboxylic acids is 1. The third-order valence-electron chi connectivity index (χ3n) is 1.60. The van der Waals surface area contributed by atoms with Gasteiger partial charge in [0, 0.05) is 10.9 Å². The highest BCUT2D eigenvalue weighted by molar-refractivity contribution is 7.10. The van der Waals surface area contributed by atoms with E-state index in [0.717, 1.165) is 4.88 Å². The highest BCUT2D eigenvalue weighted by atomic mass is 35.5. The minimum absolute atomic E-state index is 0. The molecule has 5 heteroatoms. The van der Waals surface area contributed by atoms with Gasteiger partial charge in [-0.2, -0.15) is 0 Å². The number of halogens is 1. The normalized spacial score (nSPS) is 11.6. The molecule has 0 radical (unpaired) electrons. The van der Waals surface area contributed by atoms with E-state index in [2.05, 4.69) is 0 Å². The first-order chi connectivity index (χ1) is 6.24. The zero-order chi connectivity index (χ0) is 9.68. The van der Waals surface area contributed by atoms with Gasteiger partial charge in [0.2, 0.25) is 0 Å². The average molecular weight is 236 g/mol. The van der Waals surface area contributed by atoms with Gasteiger partial charge in [0.15, 0.2) is 0 Å². The summed E-state index contributed by atoms with van der Waals surface area (Å²) >= 11 is 1.56. The second kappa shape index (κ2) is 6.81. The minimum atomic E-state index is -0.233. The van der Waals surface area contributed by atoms with Crippen LogP contribution in [-0.2, 0) is 9.53 Å². The molecular weight excluding hydrogens is 222 g/mol. The molecule has 0 saturated carbocycles. The molecule has 0 aliphatic heterocycles. The second-order valence-electron chi connectivity index (χ2n) is 2.63. The third kappa shape index (κ3) is 4.09. The van der Waals surface area contributed by atoms with Crippen LogP contribution in [0, 0.1) is 0 Å². The molecule has 0 amide bonds. The van der Waals surface area contributed by atoms with E-state index in [0.29, 0.717) is 6.61 Å². The Morgan fingerprint density at radius 3 is 2.93 bits per heavy atom. The molecule has 1 rings (SSSR count).